The summed E-state index contributed by atoms with van der Waals surface area (Å²) in [6.07, 6.45) is 1.51. The molecule has 21 heavy (non-hydrogen) atoms. The molecule has 0 amide bonds. The van der Waals surface area contributed by atoms with E-state index in [1.165, 1.54) is 18.3 Å². The first-order valence-electron chi connectivity index (χ1n) is 6.73. The predicted molar refractivity (Wildman–Crippen MR) is 75.5 cm³/mol. The SMILES string of the molecule is COCCCCN1C=C(C(=O)O)C(O)c2cccc(F)c21. The van der Waals surface area contributed by atoms with E-state index in [-0.39, 0.29) is 16.8 Å². The van der Waals surface area contributed by atoms with Gasteiger partial charge in [0.25, 0.3) is 0 Å². The molecule has 0 saturated heterocycles. The van der Waals surface area contributed by atoms with Crippen molar-refractivity contribution in [2.24, 2.45) is 0 Å². The summed E-state index contributed by atoms with van der Waals surface area (Å²) in [4.78, 5) is 12.8. The number of carboxylic acid groups (broad SMARTS) is 1. The van der Waals surface area contributed by atoms with Crippen molar-refractivity contribution in [2.75, 3.05) is 25.2 Å². The Labute approximate surface area is 122 Å². The molecule has 0 saturated carbocycles. The van der Waals surface area contributed by atoms with Gasteiger partial charge in [0.05, 0.1) is 11.3 Å². The summed E-state index contributed by atoms with van der Waals surface area (Å²) in [5.74, 6) is -1.68. The number of benzene rings is 1. The summed E-state index contributed by atoms with van der Waals surface area (Å²) in [6.45, 7) is 1.05. The van der Waals surface area contributed by atoms with Crippen LogP contribution in [0.1, 0.15) is 24.5 Å². The maximum atomic E-state index is 14.0. The molecule has 114 valence electrons. The Balaban J connectivity index is 2.30. The van der Waals surface area contributed by atoms with E-state index in [4.69, 9.17) is 9.84 Å². The van der Waals surface area contributed by atoms with Gasteiger partial charge >= 0.3 is 5.97 Å². The number of hydrogen-bond donors (Lipinski definition) is 2. The molecule has 6 heteroatoms. The molecule has 0 spiro atoms. The first kappa shape index (κ1) is 15.5. The van der Waals surface area contributed by atoms with Crippen LogP contribution in [-0.4, -0.2) is 36.4 Å². The largest absolute Gasteiger partial charge is 0.478 e. The number of carbonyl (C=O) groups is 1. The number of hydrogen-bond acceptors (Lipinski definition) is 4. The maximum absolute atomic E-state index is 14.0. The molecule has 1 aliphatic heterocycles. The monoisotopic (exact) mass is 295 g/mol. The molecule has 5 nitrogen and oxygen atoms in total. The number of nitrogens with zero attached hydrogens (tertiary/aromatic N) is 1. The molecular weight excluding hydrogens is 277 g/mol. The molecule has 1 atom stereocenters. The Morgan fingerprint density at radius 1 is 1.43 bits per heavy atom. The van der Waals surface area contributed by atoms with Crippen LogP contribution in [0.2, 0.25) is 0 Å². The second-order valence-corrected chi connectivity index (χ2v) is 4.86. The number of fused-ring (bicyclic) bond motifs is 1. The summed E-state index contributed by atoms with van der Waals surface area (Å²) in [5.41, 5.74) is 0.369. The number of para-hydroxylation sites is 1. The van der Waals surface area contributed by atoms with Gasteiger partial charge in [-0.2, -0.15) is 0 Å². The fourth-order valence-electron chi connectivity index (χ4n) is 2.40. The third-order valence-electron chi connectivity index (χ3n) is 3.43. The van der Waals surface area contributed by atoms with Gasteiger partial charge < -0.3 is 19.8 Å². The van der Waals surface area contributed by atoms with E-state index < -0.39 is 17.9 Å². The molecule has 0 aromatic heterocycles. The predicted octanol–water partition coefficient (Wildman–Crippen LogP) is 2.07. The number of methoxy groups -OCH3 is 1. The van der Waals surface area contributed by atoms with Crippen molar-refractivity contribution in [3.63, 3.8) is 0 Å². The Morgan fingerprint density at radius 3 is 2.86 bits per heavy atom. The van der Waals surface area contributed by atoms with E-state index in [1.807, 2.05) is 0 Å². The first-order chi connectivity index (χ1) is 10.1. The smallest absolute Gasteiger partial charge is 0.336 e. The standard InChI is InChI=1S/C15H18FNO4/c1-21-8-3-2-7-17-9-11(15(19)20)14(18)10-5-4-6-12(16)13(10)17/h4-6,9,14,18H,2-3,7-8H2,1H3,(H,19,20). The third kappa shape index (κ3) is 3.22. The van der Waals surface area contributed by atoms with Crippen LogP contribution >= 0.6 is 0 Å². The Bertz CT molecular complexity index is 559. The van der Waals surface area contributed by atoms with Crippen molar-refractivity contribution < 1.29 is 24.1 Å². The van der Waals surface area contributed by atoms with Crippen molar-refractivity contribution in [1.29, 1.82) is 0 Å². The highest BCUT2D eigenvalue weighted by Crippen LogP contribution is 2.38. The molecule has 2 rings (SSSR count). The van der Waals surface area contributed by atoms with Crippen molar-refractivity contribution in [1.82, 2.24) is 0 Å². The minimum absolute atomic E-state index is 0.153. The van der Waals surface area contributed by atoms with Crippen molar-refractivity contribution in [2.45, 2.75) is 18.9 Å². The zero-order valence-electron chi connectivity index (χ0n) is 11.8. The number of aliphatic carboxylic acids is 1. The second-order valence-electron chi connectivity index (χ2n) is 4.86. The molecular formula is C15H18FNO4. The second kappa shape index (κ2) is 6.69. The highest BCUT2D eigenvalue weighted by atomic mass is 19.1. The minimum Gasteiger partial charge on any atom is -0.478 e. The molecule has 0 bridgehead atoms. The van der Waals surface area contributed by atoms with Gasteiger partial charge in [0, 0.05) is 32.0 Å². The van der Waals surface area contributed by atoms with E-state index in [0.717, 1.165) is 12.8 Å². The van der Waals surface area contributed by atoms with E-state index in [1.54, 1.807) is 18.1 Å². The average molecular weight is 295 g/mol. The van der Waals surface area contributed by atoms with Gasteiger partial charge in [-0.3, -0.25) is 0 Å². The Hall–Kier alpha value is -1.92. The van der Waals surface area contributed by atoms with Gasteiger partial charge in [0.2, 0.25) is 0 Å². The van der Waals surface area contributed by atoms with Gasteiger partial charge in [0.1, 0.15) is 11.9 Å². The van der Waals surface area contributed by atoms with Crippen LogP contribution in [-0.2, 0) is 9.53 Å². The van der Waals surface area contributed by atoms with Gasteiger partial charge in [-0.15, -0.1) is 0 Å². The Morgan fingerprint density at radius 2 is 2.19 bits per heavy atom. The van der Waals surface area contributed by atoms with Crippen LogP contribution in [0, 0.1) is 5.82 Å². The average Bonchev–Trinajstić information content (AvgIpc) is 2.45. The van der Waals surface area contributed by atoms with Crippen LogP contribution < -0.4 is 4.90 Å². The van der Waals surface area contributed by atoms with Gasteiger partial charge in [-0.05, 0) is 18.9 Å². The van der Waals surface area contributed by atoms with Crippen molar-refractivity contribution in [3.05, 3.63) is 41.4 Å². The molecule has 1 heterocycles. The quantitative estimate of drug-likeness (QED) is 0.786. The number of ether oxygens (including phenoxy) is 1. The lowest BCUT2D eigenvalue weighted by molar-refractivity contribution is -0.133. The van der Waals surface area contributed by atoms with Gasteiger partial charge in [0.15, 0.2) is 0 Å². The van der Waals surface area contributed by atoms with Crippen LogP contribution in [0.5, 0.6) is 0 Å². The van der Waals surface area contributed by atoms with Crippen LogP contribution in [0.15, 0.2) is 30.0 Å². The maximum Gasteiger partial charge on any atom is 0.336 e. The normalized spacial score (nSPS) is 17.4. The number of aliphatic hydroxyl groups excluding tert-OH is 1. The summed E-state index contributed by atoms with van der Waals surface area (Å²) < 4.78 is 19.0. The molecule has 0 radical (unpaired) electrons. The fraction of sp³-hybridized carbons (Fsp3) is 0.400. The van der Waals surface area contributed by atoms with E-state index in [9.17, 15) is 14.3 Å². The van der Waals surface area contributed by atoms with E-state index in [2.05, 4.69) is 0 Å². The Kier molecular flexibility index (Phi) is 4.93. The van der Waals surface area contributed by atoms with E-state index in [0.29, 0.717) is 13.2 Å². The topological polar surface area (TPSA) is 70.0 Å². The number of unbranched alkanes of at least 4 members (excludes halogenated alkanes) is 1. The lowest BCUT2D eigenvalue weighted by Gasteiger charge is -2.31. The first-order valence-corrected chi connectivity index (χ1v) is 6.73. The lowest BCUT2D eigenvalue weighted by atomic mass is 9.96. The molecule has 1 aromatic rings. The minimum atomic E-state index is -1.32. The highest BCUT2D eigenvalue weighted by molar-refractivity contribution is 5.90. The summed E-state index contributed by atoms with van der Waals surface area (Å²) in [5, 5.41) is 19.2. The number of aliphatic hydroxyl groups is 1. The van der Waals surface area contributed by atoms with Crippen LogP contribution in [0.3, 0.4) is 0 Å². The summed E-state index contributed by atoms with van der Waals surface area (Å²) >= 11 is 0. The number of halogens is 1. The molecule has 1 unspecified atom stereocenters. The lowest BCUT2D eigenvalue weighted by Crippen LogP contribution is -2.29. The summed E-state index contributed by atoms with van der Waals surface area (Å²) in [6, 6.07) is 4.31. The van der Waals surface area contributed by atoms with Crippen LogP contribution in [0.25, 0.3) is 0 Å². The molecule has 2 N–H and O–H groups in total. The third-order valence-corrected chi connectivity index (χ3v) is 3.43. The van der Waals surface area contributed by atoms with E-state index >= 15 is 0 Å². The van der Waals surface area contributed by atoms with Gasteiger partial charge in [-0.1, -0.05) is 12.1 Å². The molecule has 1 aliphatic rings. The molecule has 0 fully saturated rings. The zero-order valence-corrected chi connectivity index (χ0v) is 11.8. The molecule has 1 aromatic carbocycles. The summed E-state index contributed by atoms with van der Waals surface area (Å²) in [7, 11) is 1.61. The number of anilines is 1. The molecule has 0 aliphatic carbocycles. The van der Waals surface area contributed by atoms with Gasteiger partial charge in [-0.25, -0.2) is 9.18 Å². The fourth-order valence-corrected chi connectivity index (χ4v) is 2.40. The highest BCUT2D eigenvalue weighted by Gasteiger charge is 2.31. The van der Waals surface area contributed by atoms with Crippen molar-refractivity contribution in [3.8, 4) is 0 Å². The number of rotatable bonds is 6. The zero-order chi connectivity index (χ0) is 15.4. The van der Waals surface area contributed by atoms with Crippen LogP contribution in [0.4, 0.5) is 10.1 Å². The number of carboxylic acids is 1. The van der Waals surface area contributed by atoms with Crippen molar-refractivity contribution >= 4 is 11.7 Å².